The number of hydrogen-bond acceptors (Lipinski definition) is 4. The zero-order chi connectivity index (χ0) is 18.6. The van der Waals surface area contributed by atoms with Gasteiger partial charge in [0.2, 0.25) is 15.9 Å². The van der Waals surface area contributed by atoms with Gasteiger partial charge in [0.15, 0.2) is 0 Å². The van der Waals surface area contributed by atoms with E-state index in [1.807, 2.05) is 0 Å². The molecule has 8 heteroatoms. The van der Waals surface area contributed by atoms with Crippen molar-refractivity contribution in [2.75, 3.05) is 12.4 Å². The number of rotatable bonds is 6. The predicted molar refractivity (Wildman–Crippen MR) is 92.5 cm³/mol. The number of amides is 1. The zero-order valence-electron chi connectivity index (χ0n) is 14.0. The molecule has 0 bridgehead atoms. The molecule has 0 aromatic heterocycles. The summed E-state index contributed by atoms with van der Waals surface area (Å²) >= 11 is 0. The van der Waals surface area contributed by atoms with Crippen molar-refractivity contribution in [1.82, 2.24) is 4.72 Å². The normalized spacial score (nSPS) is 12.5. The van der Waals surface area contributed by atoms with Crippen molar-refractivity contribution in [3.63, 3.8) is 0 Å². The largest absolute Gasteiger partial charge is 0.496 e. The Kier molecular flexibility index (Phi) is 5.76. The fourth-order valence-corrected chi connectivity index (χ4v) is 3.44. The number of halogens is 1. The molecule has 0 saturated heterocycles. The number of nitrogens with one attached hydrogen (secondary N) is 2. The molecule has 0 radical (unpaired) electrons. The first-order valence-corrected chi connectivity index (χ1v) is 8.94. The van der Waals surface area contributed by atoms with E-state index in [-0.39, 0.29) is 4.90 Å². The Hall–Kier alpha value is -2.45. The lowest BCUT2D eigenvalue weighted by atomic mass is 10.2. The van der Waals surface area contributed by atoms with Crippen LogP contribution in [0.3, 0.4) is 0 Å². The van der Waals surface area contributed by atoms with Gasteiger partial charge in [0, 0.05) is 5.69 Å². The molecule has 0 saturated carbocycles. The average molecular weight is 366 g/mol. The first kappa shape index (κ1) is 18.9. The molecular weight excluding hydrogens is 347 g/mol. The van der Waals surface area contributed by atoms with Gasteiger partial charge < -0.3 is 10.1 Å². The van der Waals surface area contributed by atoms with E-state index in [0.29, 0.717) is 17.0 Å². The van der Waals surface area contributed by atoms with E-state index in [1.165, 1.54) is 50.4 Å². The Morgan fingerprint density at radius 2 is 1.80 bits per heavy atom. The number of carbonyl (C=O) groups is 1. The predicted octanol–water partition coefficient (Wildman–Crippen LogP) is 2.45. The summed E-state index contributed by atoms with van der Waals surface area (Å²) in [6.45, 7) is 3.15. The minimum Gasteiger partial charge on any atom is -0.496 e. The maximum absolute atomic E-state index is 12.9. The summed E-state index contributed by atoms with van der Waals surface area (Å²) in [6.07, 6.45) is 0. The van der Waals surface area contributed by atoms with Gasteiger partial charge in [-0.2, -0.15) is 4.72 Å². The molecule has 0 aliphatic heterocycles. The number of aryl methyl sites for hydroxylation is 1. The number of methoxy groups -OCH3 is 1. The molecule has 0 fully saturated rings. The Morgan fingerprint density at radius 3 is 2.36 bits per heavy atom. The number of anilines is 1. The molecule has 134 valence electrons. The molecule has 1 atom stereocenters. The SMILES string of the molecule is COc1ccc(S(=O)(=O)N[C@@H](C)C(=O)Nc2ccc(F)cc2)cc1C. The van der Waals surface area contributed by atoms with Gasteiger partial charge in [-0.15, -0.1) is 0 Å². The second-order valence-corrected chi connectivity index (χ2v) is 7.18. The smallest absolute Gasteiger partial charge is 0.242 e. The minimum absolute atomic E-state index is 0.0345. The van der Waals surface area contributed by atoms with Crippen molar-refractivity contribution < 1.29 is 22.3 Å². The second-order valence-electron chi connectivity index (χ2n) is 5.47. The van der Waals surface area contributed by atoms with Crippen molar-refractivity contribution >= 4 is 21.6 Å². The summed E-state index contributed by atoms with van der Waals surface area (Å²) in [5.41, 5.74) is 1.03. The standard InChI is InChI=1S/C17H19FN2O4S/c1-11-10-15(8-9-16(11)24-3)25(22,23)20-12(2)17(21)19-14-6-4-13(18)5-7-14/h4-10,12,20H,1-3H3,(H,19,21)/t12-/m0/s1. The quantitative estimate of drug-likeness (QED) is 0.822. The summed E-state index contributed by atoms with van der Waals surface area (Å²) < 4.78 is 45.1. The Bertz CT molecular complexity index is 867. The van der Waals surface area contributed by atoms with Crippen LogP contribution in [-0.4, -0.2) is 27.5 Å². The molecule has 2 rings (SSSR count). The molecule has 25 heavy (non-hydrogen) atoms. The molecule has 0 heterocycles. The topological polar surface area (TPSA) is 84.5 Å². The van der Waals surface area contributed by atoms with E-state index in [2.05, 4.69) is 10.0 Å². The number of hydrogen-bond donors (Lipinski definition) is 2. The molecule has 0 aliphatic rings. The summed E-state index contributed by atoms with van der Waals surface area (Å²) in [4.78, 5) is 12.2. The fraction of sp³-hybridized carbons (Fsp3) is 0.235. The van der Waals surface area contributed by atoms with Crippen molar-refractivity contribution in [2.45, 2.75) is 24.8 Å². The highest BCUT2D eigenvalue weighted by molar-refractivity contribution is 7.89. The minimum atomic E-state index is -3.88. The summed E-state index contributed by atoms with van der Waals surface area (Å²) in [5, 5.41) is 2.52. The summed E-state index contributed by atoms with van der Waals surface area (Å²) in [7, 11) is -2.38. The maximum Gasteiger partial charge on any atom is 0.242 e. The van der Waals surface area contributed by atoms with Crippen LogP contribution in [0.15, 0.2) is 47.4 Å². The highest BCUT2D eigenvalue weighted by atomic mass is 32.2. The highest BCUT2D eigenvalue weighted by Crippen LogP contribution is 2.21. The van der Waals surface area contributed by atoms with Crippen LogP contribution in [0.4, 0.5) is 10.1 Å². The van der Waals surface area contributed by atoms with Gasteiger partial charge in [0.05, 0.1) is 18.0 Å². The molecule has 0 aliphatic carbocycles. The third-order valence-electron chi connectivity index (χ3n) is 3.51. The van der Waals surface area contributed by atoms with E-state index < -0.39 is 27.8 Å². The second kappa shape index (κ2) is 7.62. The van der Waals surface area contributed by atoms with Gasteiger partial charge in [-0.1, -0.05) is 0 Å². The molecule has 2 N–H and O–H groups in total. The van der Waals surface area contributed by atoms with Crippen LogP contribution >= 0.6 is 0 Å². The van der Waals surface area contributed by atoms with E-state index >= 15 is 0 Å². The first-order valence-electron chi connectivity index (χ1n) is 7.46. The Balaban J connectivity index is 2.09. The van der Waals surface area contributed by atoms with Crippen LogP contribution in [0.25, 0.3) is 0 Å². The van der Waals surface area contributed by atoms with Crippen molar-refractivity contribution in [1.29, 1.82) is 0 Å². The lowest BCUT2D eigenvalue weighted by Gasteiger charge is -2.15. The van der Waals surface area contributed by atoms with Crippen LogP contribution in [0.1, 0.15) is 12.5 Å². The van der Waals surface area contributed by atoms with Gasteiger partial charge >= 0.3 is 0 Å². The highest BCUT2D eigenvalue weighted by Gasteiger charge is 2.22. The number of sulfonamides is 1. The van der Waals surface area contributed by atoms with Crippen LogP contribution in [0, 0.1) is 12.7 Å². The monoisotopic (exact) mass is 366 g/mol. The summed E-state index contributed by atoms with van der Waals surface area (Å²) in [5.74, 6) is -0.414. The first-order chi connectivity index (χ1) is 11.7. The summed E-state index contributed by atoms with van der Waals surface area (Å²) in [6, 6.07) is 8.58. The van der Waals surface area contributed by atoms with Crippen LogP contribution in [0.2, 0.25) is 0 Å². The third-order valence-corrected chi connectivity index (χ3v) is 5.05. The van der Waals surface area contributed by atoms with Gasteiger partial charge in [-0.25, -0.2) is 12.8 Å². The third kappa shape index (κ3) is 4.77. The van der Waals surface area contributed by atoms with Gasteiger partial charge in [-0.3, -0.25) is 4.79 Å². The molecule has 2 aromatic carbocycles. The van der Waals surface area contributed by atoms with E-state index in [1.54, 1.807) is 13.0 Å². The molecule has 0 unspecified atom stereocenters. The molecule has 6 nitrogen and oxygen atoms in total. The van der Waals surface area contributed by atoms with Gasteiger partial charge in [0.25, 0.3) is 0 Å². The van der Waals surface area contributed by atoms with Gasteiger partial charge in [0.1, 0.15) is 11.6 Å². The number of ether oxygens (including phenoxy) is 1. The van der Waals surface area contributed by atoms with Crippen molar-refractivity contribution in [3.05, 3.63) is 53.8 Å². The Labute approximate surface area is 146 Å². The lowest BCUT2D eigenvalue weighted by Crippen LogP contribution is -2.41. The lowest BCUT2D eigenvalue weighted by molar-refractivity contribution is -0.117. The molecule has 0 spiro atoms. The van der Waals surface area contributed by atoms with E-state index in [0.717, 1.165) is 0 Å². The molecule has 1 amide bonds. The number of benzene rings is 2. The maximum atomic E-state index is 12.9. The molecular formula is C17H19FN2O4S. The van der Waals surface area contributed by atoms with E-state index in [9.17, 15) is 17.6 Å². The molecule has 2 aromatic rings. The Morgan fingerprint density at radius 1 is 1.16 bits per heavy atom. The van der Waals surface area contributed by atoms with Crippen LogP contribution < -0.4 is 14.8 Å². The fourth-order valence-electron chi connectivity index (χ4n) is 2.16. The van der Waals surface area contributed by atoms with Crippen molar-refractivity contribution in [3.8, 4) is 5.75 Å². The average Bonchev–Trinajstić information content (AvgIpc) is 2.56. The van der Waals surface area contributed by atoms with Gasteiger partial charge in [-0.05, 0) is 61.9 Å². The zero-order valence-corrected chi connectivity index (χ0v) is 14.9. The number of carbonyl (C=O) groups excluding carboxylic acids is 1. The van der Waals surface area contributed by atoms with E-state index in [4.69, 9.17) is 4.74 Å². The van der Waals surface area contributed by atoms with Crippen molar-refractivity contribution in [2.24, 2.45) is 0 Å². The van der Waals surface area contributed by atoms with Crippen LogP contribution in [0.5, 0.6) is 5.75 Å². The van der Waals surface area contributed by atoms with Crippen LogP contribution in [-0.2, 0) is 14.8 Å².